The largest absolute Gasteiger partial charge is 0.391 e. The lowest BCUT2D eigenvalue weighted by Gasteiger charge is -2.31. The molecule has 2 fully saturated rings. The van der Waals surface area contributed by atoms with E-state index in [2.05, 4.69) is 4.98 Å². The number of thiazole rings is 1. The lowest BCUT2D eigenvalue weighted by Crippen LogP contribution is -2.28. The highest BCUT2D eigenvalue weighted by molar-refractivity contribution is 7.17. The number of fused-ring (bicyclic) bond motifs is 1. The van der Waals surface area contributed by atoms with Crippen molar-refractivity contribution in [2.75, 3.05) is 0 Å². The van der Waals surface area contributed by atoms with E-state index in [1.54, 1.807) is 23.9 Å². The summed E-state index contributed by atoms with van der Waals surface area (Å²) in [6, 6.07) is 0. The summed E-state index contributed by atoms with van der Waals surface area (Å²) in [5, 5.41) is 10.8. The van der Waals surface area contributed by atoms with Crippen molar-refractivity contribution in [1.29, 1.82) is 0 Å². The van der Waals surface area contributed by atoms with Crippen LogP contribution in [-0.2, 0) is 0 Å². The minimum Gasteiger partial charge on any atom is -0.387 e. The maximum absolute atomic E-state index is 12.8. The van der Waals surface area contributed by atoms with E-state index < -0.39 is 18.2 Å². The number of aliphatic hydroxyl groups excluding tert-OH is 1. The molecule has 0 amide bonds. The van der Waals surface area contributed by atoms with Gasteiger partial charge in [-0.2, -0.15) is 13.2 Å². The van der Waals surface area contributed by atoms with Gasteiger partial charge in [-0.1, -0.05) is 0 Å². The Bertz CT molecular complexity index is 711. The van der Waals surface area contributed by atoms with Crippen LogP contribution >= 0.6 is 11.3 Å². The predicted molar refractivity (Wildman–Crippen MR) is 86.1 cm³/mol. The zero-order valence-electron chi connectivity index (χ0n) is 13.3. The molecule has 0 saturated heterocycles. The Kier molecular flexibility index (Phi) is 4.11. The average molecular weight is 358 g/mol. The van der Waals surface area contributed by atoms with E-state index in [9.17, 15) is 18.3 Å². The van der Waals surface area contributed by atoms with Crippen LogP contribution in [0.1, 0.15) is 67.5 Å². The van der Waals surface area contributed by atoms with Gasteiger partial charge in [0.15, 0.2) is 0 Å². The number of aliphatic hydroxyl groups is 1. The summed E-state index contributed by atoms with van der Waals surface area (Å²) in [5.41, 5.74) is 0.924. The lowest BCUT2D eigenvalue weighted by atomic mass is 9.79. The van der Waals surface area contributed by atoms with Crippen molar-refractivity contribution < 1.29 is 18.3 Å². The third kappa shape index (κ3) is 3.08. The molecule has 0 aliphatic heterocycles. The molecule has 3 nitrogen and oxygen atoms in total. The molecule has 1 N–H and O–H groups in total. The van der Waals surface area contributed by atoms with E-state index in [0.29, 0.717) is 25.2 Å². The maximum Gasteiger partial charge on any atom is 0.391 e. The van der Waals surface area contributed by atoms with Crippen molar-refractivity contribution in [2.45, 2.75) is 63.1 Å². The molecule has 1 atom stereocenters. The first-order valence-electron chi connectivity index (χ1n) is 8.63. The summed E-state index contributed by atoms with van der Waals surface area (Å²) in [4.78, 5) is 6.42. The van der Waals surface area contributed by atoms with E-state index in [0.717, 1.165) is 23.4 Å². The topological polar surface area (TPSA) is 37.5 Å². The molecule has 2 aromatic heterocycles. The molecule has 24 heavy (non-hydrogen) atoms. The molecular formula is C17H21F3N2OS. The smallest absolute Gasteiger partial charge is 0.387 e. The zero-order chi connectivity index (χ0) is 16.9. The van der Waals surface area contributed by atoms with Crippen LogP contribution in [-0.4, -0.2) is 20.7 Å². The Hall–Kier alpha value is -1.08. The number of aromatic nitrogens is 2. The Morgan fingerprint density at radius 1 is 1.21 bits per heavy atom. The van der Waals surface area contributed by atoms with Crippen LogP contribution in [0.2, 0.25) is 0 Å². The van der Waals surface area contributed by atoms with Gasteiger partial charge in [0.25, 0.3) is 0 Å². The fourth-order valence-corrected chi connectivity index (χ4v) is 5.26. The minimum absolute atomic E-state index is 0.170. The molecule has 132 valence electrons. The molecule has 7 heteroatoms. The van der Waals surface area contributed by atoms with Gasteiger partial charge in [-0.3, -0.25) is 4.40 Å². The van der Waals surface area contributed by atoms with Crippen molar-refractivity contribution >= 4 is 16.2 Å². The van der Waals surface area contributed by atoms with Gasteiger partial charge in [0.1, 0.15) is 11.2 Å². The molecule has 0 spiro atoms. The van der Waals surface area contributed by atoms with Crippen LogP contribution < -0.4 is 0 Å². The normalized spacial score (nSPS) is 26.8. The van der Waals surface area contributed by atoms with Gasteiger partial charge < -0.3 is 5.11 Å². The Morgan fingerprint density at radius 3 is 2.54 bits per heavy atom. The molecule has 2 heterocycles. The number of halogens is 3. The minimum atomic E-state index is -4.07. The van der Waals surface area contributed by atoms with Gasteiger partial charge in [0, 0.05) is 4.88 Å². The van der Waals surface area contributed by atoms with E-state index in [4.69, 9.17) is 0 Å². The number of nitrogens with zero attached hydrogens (tertiary/aromatic N) is 2. The second-order valence-electron chi connectivity index (χ2n) is 7.24. The molecule has 1 unspecified atom stereocenters. The molecule has 0 radical (unpaired) electrons. The lowest BCUT2D eigenvalue weighted by molar-refractivity contribution is -0.184. The van der Waals surface area contributed by atoms with Crippen molar-refractivity contribution in [3.63, 3.8) is 0 Å². The second-order valence-corrected chi connectivity index (χ2v) is 8.30. The number of alkyl halides is 3. The Morgan fingerprint density at radius 2 is 1.92 bits per heavy atom. The molecule has 2 aliphatic rings. The highest BCUT2D eigenvalue weighted by atomic mass is 32.1. The molecule has 4 rings (SSSR count). The van der Waals surface area contributed by atoms with Gasteiger partial charge in [-0.05, 0) is 56.8 Å². The quantitative estimate of drug-likeness (QED) is 0.829. The first-order valence-corrected chi connectivity index (χ1v) is 9.44. The fourth-order valence-electron chi connectivity index (χ4n) is 3.94. The highest BCUT2D eigenvalue weighted by Crippen LogP contribution is 2.48. The number of rotatable bonds is 4. The average Bonchev–Trinajstić information content (AvgIpc) is 3.15. The summed E-state index contributed by atoms with van der Waals surface area (Å²) < 4.78 is 40.3. The van der Waals surface area contributed by atoms with Crippen molar-refractivity contribution in [2.24, 2.45) is 11.8 Å². The van der Waals surface area contributed by atoms with Gasteiger partial charge in [-0.15, -0.1) is 11.3 Å². The molecule has 0 bridgehead atoms. The molecule has 2 saturated carbocycles. The summed E-state index contributed by atoms with van der Waals surface area (Å²) in [6.45, 7) is 0. The summed E-state index contributed by atoms with van der Waals surface area (Å²) >= 11 is 1.69. The van der Waals surface area contributed by atoms with Crippen LogP contribution in [0.25, 0.3) is 4.83 Å². The third-order valence-electron chi connectivity index (χ3n) is 5.46. The van der Waals surface area contributed by atoms with Crippen LogP contribution in [0.5, 0.6) is 0 Å². The first-order chi connectivity index (χ1) is 11.4. The van der Waals surface area contributed by atoms with Gasteiger partial charge in [-0.25, -0.2) is 4.98 Å². The van der Waals surface area contributed by atoms with Crippen molar-refractivity contribution in [3.8, 4) is 0 Å². The highest BCUT2D eigenvalue weighted by Gasteiger charge is 2.42. The van der Waals surface area contributed by atoms with Crippen LogP contribution in [0.3, 0.4) is 0 Å². The fraction of sp³-hybridized carbons (Fsp3) is 0.706. The maximum atomic E-state index is 12.8. The van der Waals surface area contributed by atoms with E-state index in [1.807, 2.05) is 4.40 Å². The van der Waals surface area contributed by atoms with Crippen molar-refractivity contribution in [1.82, 2.24) is 9.38 Å². The summed E-state index contributed by atoms with van der Waals surface area (Å²) in [5.74, 6) is -0.445. The van der Waals surface area contributed by atoms with Gasteiger partial charge in [0.05, 0.1) is 23.9 Å². The number of imidazole rings is 1. The van der Waals surface area contributed by atoms with Gasteiger partial charge in [0.2, 0.25) is 0 Å². The standard InChI is InChI=1S/C17H21F3N2OS/c18-17(19,20)12-5-1-10(2-6-12)7-13(23)15-16(11-3-4-11)24-14-8-21-9-22(14)15/h8-13,23H,1-7H2. The molecule has 2 aromatic rings. The van der Waals surface area contributed by atoms with Crippen LogP contribution in [0.4, 0.5) is 13.2 Å². The van der Waals surface area contributed by atoms with Crippen LogP contribution in [0.15, 0.2) is 12.5 Å². The molecule has 2 aliphatic carbocycles. The monoisotopic (exact) mass is 358 g/mol. The van der Waals surface area contributed by atoms with Crippen molar-refractivity contribution in [3.05, 3.63) is 23.1 Å². The molecule has 0 aromatic carbocycles. The summed E-state index contributed by atoms with van der Waals surface area (Å²) in [7, 11) is 0. The number of hydrogen-bond acceptors (Lipinski definition) is 3. The summed E-state index contributed by atoms with van der Waals surface area (Å²) in [6.07, 6.45) is 3.22. The first kappa shape index (κ1) is 16.4. The molecular weight excluding hydrogens is 337 g/mol. The second kappa shape index (κ2) is 6.02. The van der Waals surface area contributed by atoms with E-state index >= 15 is 0 Å². The SMILES string of the molecule is OC(CC1CCC(C(F)(F)F)CC1)c1c(C2CC2)sc2cncn12. The number of hydrogen-bond donors (Lipinski definition) is 1. The Labute approximate surface area is 142 Å². The predicted octanol–water partition coefficient (Wildman–Crippen LogP) is 5.07. The van der Waals surface area contributed by atoms with Crippen LogP contribution in [0, 0.1) is 11.8 Å². The van der Waals surface area contributed by atoms with E-state index in [-0.39, 0.29) is 18.8 Å². The van der Waals surface area contributed by atoms with Gasteiger partial charge >= 0.3 is 6.18 Å². The van der Waals surface area contributed by atoms with E-state index in [1.165, 1.54) is 4.88 Å². The Balaban J connectivity index is 1.46. The third-order valence-corrected chi connectivity index (χ3v) is 6.73. The zero-order valence-corrected chi connectivity index (χ0v) is 14.1.